The van der Waals surface area contributed by atoms with E-state index in [0.717, 1.165) is 0 Å². The Morgan fingerprint density at radius 2 is 2.00 bits per heavy atom. The van der Waals surface area contributed by atoms with E-state index in [1.807, 2.05) is 0 Å². The third kappa shape index (κ3) is 3.20. The predicted molar refractivity (Wildman–Crippen MR) is 62.5 cm³/mol. The highest BCUT2D eigenvalue weighted by atomic mass is 16.4. The molecule has 1 aromatic heterocycles. The van der Waals surface area contributed by atoms with E-state index in [0.29, 0.717) is 5.69 Å². The molecule has 0 aromatic carbocycles. The van der Waals surface area contributed by atoms with Crippen molar-refractivity contribution in [1.82, 2.24) is 14.7 Å². The van der Waals surface area contributed by atoms with Gasteiger partial charge in [0.05, 0.1) is 37.2 Å². The molecule has 19 heavy (non-hydrogen) atoms. The Morgan fingerprint density at radius 3 is 2.58 bits per heavy atom. The van der Waals surface area contributed by atoms with Gasteiger partial charge < -0.3 is 25.5 Å². The molecule has 2 heterocycles. The number of rotatable bonds is 3. The van der Waals surface area contributed by atoms with Gasteiger partial charge >= 0.3 is 12.0 Å². The number of amides is 2. The van der Waals surface area contributed by atoms with Gasteiger partial charge in [0.25, 0.3) is 0 Å². The highest BCUT2D eigenvalue weighted by Crippen LogP contribution is 2.12. The highest BCUT2D eigenvalue weighted by molar-refractivity contribution is 5.89. The van der Waals surface area contributed by atoms with Crippen LogP contribution in [0.25, 0.3) is 0 Å². The molecule has 1 aromatic rings. The van der Waals surface area contributed by atoms with E-state index < -0.39 is 24.2 Å². The molecule has 4 N–H and O–H groups in total. The highest BCUT2D eigenvalue weighted by Gasteiger charge is 2.32. The summed E-state index contributed by atoms with van der Waals surface area (Å²) in [7, 11) is 0. The number of aliphatic carboxylic acids is 1. The minimum Gasteiger partial charge on any atom is -0.480 e. The molecule has 104 valence electrons. The van der Waals surface area contributed by atoms with E-state index in [-0.39, 0.29) is 19.6 Å². The van der Waals surface area contributed by atoms with Crippen LogP contribution in [-0.4, -0.2) is 67.3 Å². The van der Waals surface area contributed by atoms with Crippen molar-refractivity contribution in [3.05, 3.63) is 12.4 Å². The van der Waals surface area contributed by atoms with Crippen LogP contribution in [0.2, 0.25) is 0 Å². The van der Waals surface area contributed by atoms with Gasteiger partial charge in [-0.3, -0.25) is 9.48 Å². The van der Waals surface area contributed by atoms with Gasteiger partial charge in [-0.05, 0) is 0 Å². The van der Waals surface area contributed by atoms with Crippen LogP contribution in [0.15, 0.2) is 12.4 Å². The number of β-amino-alcohol motifs (C(OH)–C–C–N with tert-alkyl or cyclic N) is 2. The van der Waals surface area contributed by atoms with Gasteiger partial charge in [0.2, 0.25) is 0 Å². The summed E-state index contributed by atoms with van der Waals surface area (Å²) < 4.78 is 1.17. The molecule has 2 amide bonds. The average molecular weight is 270 g/mol. The number of carbonyl (C=O) groups is 2. The van der Waals surface area contributed by atoms with Crippen molar-refractivity contribution in [2.24, 2.45) is 0 Å². The quantitative estimate of drug-likeness (QED) is 0.531. The SMILES string of the molecule is O=C(O)Cn1cc(NC(=O)N2CC(O)C(O)C2)cn1. The van der Waals surface area contributed by atoms with E-state index in [1.165, 1.54) is 22.0 Å². The van der Waals surface area contributed by atoms with Gasteiger partial charge in [-0.2, -0.15) is 5.10 Å². The standard InChI is InChI=1S/C10H14N4O5/c15-7-3-13(4-8(7)16)10(19)12-6-1-11-14(2-6)5-9(17)18/h1-2,7-8,15-16H,3-5H2,(H,12,19)(H,17,18). The zero-order valence-electron chi connectivity index (χ0n) is 9.93. The monoisotopic (exact) mass is 270 g/mol. The van der Waals surface area contributed by atoms with Crippen molar-refractivity contribution < 1.29 is 24.9 Å². The lowest BCUT2D eigenvalue weighted by molar-refractivity contribution is -0.137. The number of aliphatic hydroxyl groups is 2. The Balaban J connectivity index is 1.92. The third-order valence-electron chi connectivity index (χ3n) is 2.73. The Kier molecular flexibility index (Phi) is 3.67. The summed E-state index contributed by atoms with van der Waals surface area (Å²) in [6.07, 6.45) is 0.819. The van der Waals surface area contributed by atoms with Crippen LogP contribution in [0.4, 0.5) is 10.5 Å². The maximum atomic E-state index is 11.8. The maximum absolute atomic E-state index is 11.8. The Hall–Kier alpha value is -2.13. The van der Waals surface area contributed by atoms with Gasteiger partial charge in [-0.25, -0.2) is 4.79 Å². The van der Waals surface area contributed by atoms with Crippen LogP contribution in [0.1, 0.15) is 0 Å². The lowest BCUT2D eigenvalue weighted by Crippen LogP contribution is -2.33. The number of nitrogens with zero attached hydrogens (tertiary/aromatic N) is 3. The fraction of sp³-hybridized carbons (Fsp3) is 0.500. The summed E-state index contributed by atoms with van der Waals surface area (Å²) in [6.45, 7) is -0.191. The van der Waals surface area contributed by atoms with E-state index in [9.17, 15) is 19.8 Å². The number of aromatic nitrogens is 2. The minimum atomic E-state index is -1.04. The van der Waals surface area contributed by atoms with Crippen molar-refractivity contribution >= 4 is 17.7 Å². The number of carboxylic acid groups (broad SMARTS) is 1. The summed E-state index contributed by atoms with van der Waals surface area (Å²) in [5.74, 6) is -1.04. The Morgan fingerprint density at radius 1 is 1.37 bits per heavy atom. The van der Waals surface area contributed by atoms with Crippen LogP contribution >= 0.6 is 0 Å². The zero-order chi connectivity index (χ0) is 14.0. The normalized spacial score (nSPS) is 22.5. The number of aliphatic hydroxyl groups excluding tert-OH is 2. The molecule has 2 rings (SSSR count). The smallest absolute Gasteiger partial charge is 0.325 e. The molecule has 9 nitrogen and oxygen atoms in total. The fourth-order valence-corrected chi connectivity index (χ4v) is 1.79. The molecular weight excluding hydrogens is 256 g/mol. The molecule has 0 spiro atoms. The van der Waals surface area contributed by atoms with Crippen molar-refractivity contribution in [3.63, 3.8) is 0 Å². The summed E-state index contributed by atoms with van der Waals surface area (Å²) in [4.78, 5) is 23.5. The molecule has 1 aliphatic heterocycles. The van der Waals surface area contributed by atoms with Crippen LogP contribution in [0, 0.1) is 0 Å². The number of nitrogens with one attached hydrogen (secondary N) is 1. The van der Waals surface area contributed by atoms with Gasteiger partial charge in [0, 0.05) is 6.20 Å². The molecule has 1 saturated heterocycles. The molecule has 0 radical (unpaired) electrons. The lowest BCUT2D eigenvalue weighted by Gasteiger charge is -2.15. The van der Waals surface area contributed by atoms with E-state index >= 15 is 0 Å². The van der Waals surface area contributed by atoms with Gasteiger partial charge in [0.15, 0.2) is 0 Å². The number of anilines is 1. The Labute approximate surface area is 108 Å². The lowest BCUT2D eigenvalue weighted by atomic mass is 10.3. The number of urea groups is 1. The van der Waals surface area contributed by atoms with Crippen molar-refractivity contribution in [1.29, 1.82) is 0 Å². The summed E-state index contributed by atoms with van der Waals surface area (Å²) >= 11 is 0. The molecule has 0 saturated carbocycles. The van der Waals surface area contributed by atoms with Gasteiger partial charge in [-0.15, -0.1) is 0 Å². The predicted octanol–water partition coefficient (Wildman–Crippen LogP) is -1.46. The molecule has 1 aliphatic rings. The zero-order valence-corrected chi connectivity index (χ0v) is 9.93. The number of carboxylic acids is 1. The molecule has 2 atom stereocenters. The van der Waals surface area contributed by atoms with Crippen molar-refractivity contribution in [2.45, 2.75) is 18.8 Å². The maximum Gasteiger partial charge on any atom is 0.325 e. The third-order valence-corrected chi connectivity index (χ3v) is 2.73. The first kappa shape index (κ1) is 13.3. The summed E-state index contributed by atoms with van der Waals surface area (Å²) in [5, 5.41) is 33.5. The molecule has 0 aliphatic carbocycles. The molecule has 1 fully saturated rings. The molecule has 2 unspecified atom stereocenters. The number of hydrogen-bond acceptors (Lipinski definition) is 5. The van der Waals surface area contributed by atoms with Crippen LogP contribution in [-0.2, 0) is 11.3 Å². The van der Waals surface area contributed by atoms with Crippen molar-refractivity contribution in [3.8, 4) is 0 Å². The molecule has 9 heteroatoms. The largest absolute Gasteiger partial charge is 0.480 e. The number of likely N-dealkylation sites (tertiary alicyclic amines) is 1. The Bertz CT molecular complexity index is 478. The summed E-state index contributed by atoms with van der Waals surface area (Å²) in [5.41, 5.74) is 0.349. The van der Waals surface area contributed by atoms with Crippen LogP contribution < -0.4 is 5.32 Å². The first-order valence-electron chi connectivity index (χ1n) is 5.62. The fourth-order valence-electron chi connectivity index (χ4n) is 1.79. The van der Waals surface area contributed by atoms with E-state index in [2.05, 4.69) is 10.4 Å². The topological polar surface area (TPSA) is 128 Å². The number of carbonyl (C=O) groups excluding carboxylic acids is 1. The molecule has 0 bridgehead atoms. The number of hydrogen-bond donors (Lipinski definition) is 4. The van der Waals surface area contributed by atoms with Crippen molar-refractivity contribution in [2.75, 3.05) is 18.4 Å². The first-order valence-corrected chi connectivity index (χ1v) is 5.62. The van der Waals surface area contributed by atoms with Gasteiger partial charge in [0.1, 0.15) is 6.54 Å². The molecular formula is C10H14N4O5. The van der Waals surface area contributed by atoms with Crippen LogP contribution in [0.5, 0.6) is 0 Å². The summed E-state index contributed by atoms with van der Waals surface area (Å²) in [6, 6.07) is -0.481. The van der Waals surface area contributed by atoms with Gasteiger partial charge in [-0.1, -0.05) is 0 Å². The second-order valence-corrected chi connectivity index (χ2v) is 4.29. The van der Waals surface area contributed by atoms with E-state index in [1.54, 1.807) is 0 Å². The first-order chi connectivity index (χ1) is 8.95. The second kappa shape index (κ2) is 5.24. The second-order valence-electron chi connectivity index (χ2n) is 4.29. The average Bonchev–Trinajstić information content (AvgIpc) is 2.86. The minimum absolute atomic E-state index is 0.0518. The van der Waals surface area contributed by atoms with E-state index in [4.69, 9.17) is 5.11 Å². The van der Waals surface area contributed by atoms with Crippen LogP contribution in [0.3, 0.4) is 0 Å².